The number of ether oxygens (including phenoxy) is 1. The standard InChI is InChI=1S/C11H21NO3/c1-4-5-6-10(7-13)12-11(14)15-8-9(2)3/h7,9-10H,4-6,8H2,1-3H3,(H,12,14). The fourth-order valence-electron chi connectivity index (χ4n) is 1.03. The Kier molecular flexibility index (Phi) is 7.68. The van der Waals surface area contributed by atoms with Crippen molar-refractivity contribution in [2.24, 2.45) is 5.92 Å². The lowest BCUT2D eigenvalue weighted by atomic mass is 10.1. The molecular weight excluding hydrogens is 194 g/mol. The van der Waals surface area contributed by atoms with Crippen LogP contribution in [0.1, 0.15) is 40.0 Å². The van der Waals surface area contributed by atoms with Gasteiger partial charge in [0, 0.05) is 0 Å². The van der Waals surface area contributed by atoms with Gasteiger partial charge in [0.25, 0.3) is 0 Å². The van der Waals surface area contributed by atoms with Crippen LogP contribution in [-0.2, 0) is 9.53 Å². The van der Waals surface area contributed by atoms with Crippen LogP contribution < -0.4 is 5.32 Å². The highest BCUT2D eigenvalue weighted by Gasteiger charge is 2.11. The molecular formula is C11H21NO3. The SMILES string of the molecule is CCCCC(C=O)NC(=O)OCC(C)C. The summed E-state index contributed by atoms with van der Waals surface area (Å²) >= 11 is 0. The summed E-state index contributed by atoms with van der Waals surface area (Å²) in [7, 11) is 0. The molecule has 88 valence electrons. The van der Waals surface area contributed by atoms with Crippen LogP contribution in [0.15, 0.2) is 0 Å². The van der Waals surface area contributed by atoms with Crippen molar-refractivity contribution in [1.82, 2.24) is 5.32 Å². The molecule has 1 atom stereocenters. The number of unbranched alkanes of at least 4 members (excludes halogenated alkanes) is 1. The first-order chi connectivity index (χ1) is 7.10. The second kappa shape index (κ2) is 8.26. The zero-order valence-corrected chi connectivity index (χ0v) is 9.79. The van der Waals surface area contributed by atoms with Gasteiger partial charge in [-0.15, -0.1) is 0 Å². The van der Waals surface area contributed by atoms with Gasteiger partial charge in [-0.1, -0.05) is 33.6 Å². The van der Waals surface area contributed by atoms with Crippen molar-refractivity contribution in [1.29, 1.82) is 0 Å². The number of aldehydes is 1. The number of carbonyl (C=O) groups is 2. The van der Waals surface area contributed by atoms with Crippen molar-refractivity contribution in [3.63, 3.8) is 0 Å². The maximum atomic E-state index is 11.2. The van der Waals surface area contributed by atoms with Gasteiger partial charge in [0.05, 0.1) is 12.6 Å². The van der Waals surface area contributed by atoms with Crippen molar-refractivity contribution >= 4 is 12.4 Å². The van der Waals surface area contributed by atoms with E-state index in [1.807, 2.05) is 20.8 Å². The van der Waals surface area contributed by atoms with Crippen molar-refractivity contribution in [3.05, 3.63) is 0 Å². The van der Waals surface area contributed by atoms with Gasteiger partial charge >= 0.3 is 6.09 Å². The summed E-state index contributed by atoms with van der Waals surface area (Å²) in [5.41, 5.74) is 0. The fourth-order valence-corrected chi connectivity index (χ4v) is 1.03. The fraction of sp³-hybridized carbons (Fsp3) is 0.818. The average Bonchev–Trinajstić information content (AvgIpc) is 2.21. The van der Waals surface area contributed by atoms with E-state index >= 15 is 0 Å². The van der Waals surface area contributed by atoms with E-state index in [9.17, 15) is 9.59 Å². The molecule has 0 rings (SSSR count). The highest BCUT2D eigenvalue weighted by molar-refractivity contribution is 5.72. The van der Waals surface area contributed by atoms with Gasteiger partial charge in [-0.05, 0) is 12.3 Å². The largest absolute Gasteiger partial charge is 0.449 e. The van der Waals surface area contributed by atoms with Gasteiger partial charge in [-0.2, -0.15) is 0 Å². The van der Waals surface area contributed by atoms with Crippen molar-refractivity contribution in [2.75, 3.05) is 6.61 Å². The number of alkyl carbamates (subject to hydrolysis) is 1. The minimum atomic E-state index is -0.503. The first kappa shape index (κ1) is 13.9. The molecule has 0 aliphatic carbocycles. The molecule has 15 heavy (non-hydrogen) atoms. The van der Waals surface area contributed by atoms with E-state index in [4.69, 9.17) is 4.74 Å². The maximum absolute atomic E-state index is 11.2. The van der Waals surface area contributed by atoms with Crippen molar-refractivity contribution in [3.8, 4) is 0 Å². The lowest BCUT2D eigenvalue weighted by Crippen LogP contribution is -2.36. The van der Waals surface area contributed by atoms with Crippen LogP contribution in [0.2, 0.25) is 0 Å². The highest BCUT2D eigenvalue weighted by Crippen LogP contribution is 1.99. The lowest BCUT2D eigenvalue weighted by molar-refractivity contribution is -0.109. The molecule has 0 bridgehead atoms. The van der Waals surface area contributed by atoms with Crippen molar-refractivity contribution in [2.45, 2.75) is 46.1 Å². The summed E-state index contributed by atoms with van der Waals surface area (Å²) in [6.07, 6.45) is 2.86. The Bertz CT molecular complexity index is 192. The van der Waals surface area contributed by atoms with Crippen LogP contribution in [-0.4, -0.2) is 25.0 Å². The normalized spacial score (nSPS) is 12.3. The predicted octanol–water partition coefficient (Wildman–Crippen LogP) is 2.13. The Labute approximate surface area is 91.4 Å². The van der Waals surface area contributed by atoms with Gasteiger partial charge in [-0.25, -0.2) is 4.79 Å². The number of hydrogen-bond acceptors (Lipinski definition) is 3. The van der Waals surface area contributed by atoms with Gasteiger partial charge in [0.2, 0.25) is 0 Å². The van der Waals surface area contributed by atoms with E-state index in [-0.39, 0.29) is 0 Å². The van der Waals surface area contributed by atoms with Gasteiger partial charge < -0.3 is 14.8 Å². The summed E-state index contributed by atoms with van der Waals surface area (Å²) < 4.78 is 4.91. The van der Waals surface area contributed by atoms with Crippen LogP contribution in [0.25, 0.3) is 0 Å². The Hall–Kier alpha value is -1.06. The molecule has 0 saturated heterocycles. The third-order valence-electron chi connectivity index (χ3n) is 1.88. The molecule has 1 unspecified atom stereocenters. The Morgan fingerprint density at radius 1 is 1.47 bits per heavy atom. The molecule has 0 aliphatic heterocycles. The minimum Gasteiger partial charge on any atom is -0.449 e. The Balaban J connectivity index is 3.75. The topological polar surface area (TPSA) is 55.4 Å². The Morgan fingerprint density at radius 2 is 2.13 bits per heavy atom. The van der Waals surface area contributed by atoms with Gasteiger partial charge in [-0.3, -0.25) is 0 Å². The number of amides is 1. The van der Waals surface area contributed by atoms with E-state index in [0.29, 0.717) is 18.9 Å². The molecule has 0 radical (unpaired) electrons. The Morgan fingerprint density at radius 3 is 2.60 bits per heavy atom. The highest BCUT2D eigenvalue weighted by atomic mass is 16.5. The smallest absolute Gasteiger partial charge is 0.407 e. The zero-order chi connectivity index (χ0) is 11.7. The molecule has 4 nitrogen and oxygen atoms in total. The quantitative estimate of drug-likeness (QED) is 0.662. The number of hydrogen-bond donors (Lipinski definition) is 1. The zero-order valence-electron chi connectivity index (χ0n) is 9.79. The molecule has 1 N–H and O–H groups in total. The number of carbonyl (C=O) groups excluding carboxylic acids is 2. The molecule has 4 heteroatoms. The first-order valence-corrected chi connectivity index (χ1v) is 5.48. The third kappa shape index (κ3) is 7.97. The van der Waals surface area contributed by atoms with E-state index < -0.39 is 12.1 Å². The monoisotopic (exact) mass is 215 g/mol. The van der Waals surface area contributed by atoms with E-state index in [0.717, 1.165) is 19.1 Å². The van der Waals surface area contributed by atoms with Gasteiger partial charge in [0.15, 0.2) is 0 Å². The molecule has 0 aromatic rings. The van der Waals surface area contributed by atoms with Crippen LogP contribution in [0.3, 0.4) is 0 Å². The van der Waals surface area contributed by atoms with Crippen LogP contribution in [0.4, 0.5) is 4.79 Å². The molecule has 0 aliphatic rings. The maximum Gasteiger partial charge on any atom is 0.407 e. The van der Waals surface area contributed by atoms with E-state index in [1.165, 1.54) is 0 Å². The second-order valence-electron chi connectivity index (χ2n) is 4.02. The first-order valence-electron chi connectivity index (χ1n) is 5.48. The molecule has 0 fully saturated rings. The minimum absolute atomic E-state index is 0.307. The molecule has 0 heterocycles. The van der Waals surface area contributed by atoms with Crippen molar-refractivity contribution < 1.29 is 14.3 Å². The van der Waals surface area contributed by atoms with Crippen LogP contribution >= 0.6 is 0 Å². The lowest BCUT2D eigenvalue weighted by Gasteiger charge is -2.13. The molecule has 0 saturated carbocycles. The van der Waals surface area contributed by atoms with E-state index in [1.54, 1.807) is 0 Å². The summed E-state index contributed by atoms with van der Waals surface area (Å²) in [5.74, 6) is 0.307. The van der Waals surface area contributed by atoms with E-state index in [2.05, 4.69) is 5.32 Å². The summed E-state index contributed by atoms with van der Waals surface area (Å²) in [5, 5.41) is 2.53. The molecule has 0 aromatic heterocycles. The molecule has 0 aromatic carbocycles. The van der Waals surface area contributed by atoms with Crippen LogP contribution in [0.5, 0.6) is 0 Å². The summed E-state index contributed by atoms with van der Waals surface area (Å²) in [6.45, 7) is 6.34. The number of nitrogens with one attached hydrogen (secondary N) is 1. The average molecular weight is 215 g/mol. The second-order valence-corrected chi connectivity index (χ2v) is 4.02. The van der Waals surface area contributed by atoms with Gasteiger partial charge in [0.1, 0.15) is 6.29 Å². The summed E-state index contributed by atoms with van der Waals surface area (Å²) in [6, 6.07) is -0.412. The third-order valence-corrected chi connectivity index (χ3v) is 1.88. The predicted molar refractivity (Wildman–Crippen MR) is 58.7 cm³/mol. The molecule has 0 spiro atoms. The molecule has 1 amide bonds. The number of rotatable bonds is 7. The van der Waals surface area contributed by atoms with Crippen LogP contribution in [0, 0.1) is 5.92 Å². The summed E-state index contributed by atoms with van der Waals surface area (Å²) in [4.78, 5) is 21.8.